The van der Waals surface area contributed by atoms with Crippen LogP contribution < -0.4 is 10.3 Å². The second-order valence-electron chi connectivity index (χ2n) is 4.04. The zero-order chi connectivity index (χ0) is 12.5. The van der Waals surface area contributed by atoms with Gasteiger partial charge in [0.05, 0.1) is 24.6 Å². The Bertz CT molecular complexity index is 725. The van der Waals surface area contributed by atoms with Gasteiger partial charge in [-0.05, 0) is 40.6 Å². The van der Waals surface area contributed by atoms with E-state index < -0.39 is 0 Å². The highest BCUT2D eigenvalue weighted by atomic mass is 32.1. The summed E-state index contributed by atoms with van der Waals surface area (Å²) in [7, 11) is 1.59. The van der Waals surface area contributed by atoms with Crippen molar-refractivity contribution >= 4 is 22.2 Å². The molecule has 5 heteroatoms. The molecule has 92 valence electrons. The van der Waals surface area contributed by atoms with Crippen molar-refractivity contribution in [2.24, 2.45) is 0 Å². The van der Waals surface area contributed by atoms with Gasteiger partial charge in [-0.15, -0.1) is 0 Å². The number of hydrogen-bond acceptors (Lipinski definition) is 3. The summed E-state index contributed by atoms with van der Waals surface area (Å²) in [6.07, 6.45) is 0. The summed E-state index contributed by atoms with van der Waals surface area (Å²) in [4.78, 5) is 11.9. The van der Waals surface area contributed by atoms with Crippen LogP contribution >= 0.6 is 11.3 Å². The molecule has 3 rings (SSSR count). The van der Waals surface area contributed by atoms with Crippen LogP contribution in [0, 0.1) is 0 Å². The van der Waals surface area contributed by atoms with E-state index in [1.807, 2.05) is 22.2 Å². The first-order valence-electron chi connectivity index (χ1n) is 5.55. The Labute approximate surface area is 107 Å². The Morgan fingerprint density at radius 1 is 1.39 bits per heavy atom. The molecule has 0 radical (unpaired) electrons. The van der Waals surface area contributed by atoms with Gasteiger partial charge < -0.3 is 4.74 Å². The molecule has 0 saturated heterocycles. The lowest BCUT2D eigenvalue weighted by Gasteiger charge is -2.03. The topological polar surface area (TPSA) is 47.0 Å². The van der Waals surface area contributed by atoms with Gasteiger partial charge in [0.25, 0.3) is 5.56 Å². The molecular formula is C13H12N2O2S. The molecule has 0 atom stereocenters. The maximum Gasteiger partial charge on any atom is 0.272 e. The first-order chi connectivity index (χ1) is 8.78. The summed E-state index contributed by atoms with van der Waals surface area (Å²) >= 11 is 1.65. The fourth-order valence-electron chi connectivity index (χ4n) is 1.99. The summed E-state index contributed by atoms with van der Waals surface area (Å²) in [5.41, 5.74) is 2.00. The monoisotopic (exact) mass is 260 g/mol. The Kier molecular flexibility index (Phi) is 2.68. The van der Waals surface area contributed by atoms with Crippen LogP contribution in [-0.4, -0.2) is 16.9 Å². The molecule has 0 fully saturated rings. The lowest BCUT2D eigenvalue weighted by molar-refractivity contribution is 0.415. The Morgan fingerprint density at radius 3 is 3.00 bits per heavy atom. The van der Waals surface area contributed by atoms with Crippen LogP contribution in [0.15, 0.2) is 39.8 Å². The molecule has 1 aromatic carbocycles. The molecule has 0 unspecified atom stereocenters. The molecule has 18 heavy (non-hydrogen) atoms. The van der Waals surface area contributed by atoms with E-state index in [1.54, 1.807) is 24.5 Å². The molecule has 0 aliphatic carbocycles. The SMILES string of the molecule is COc1ccc2c(c1)c(=O)[nH]n2Cc1ccsc1. The molecule has 0 bridgehead atoms. The van der Waals surface area contributed by atoms with Crippen molar-refractivity contribution in [1.82, 2.24) is 9.78 Å². The van der Waals surface area contributed by atoms with Gasteiger partial charge in [0, 0.05) is 0 Å². The summed E-state index contributed by atoms with van der Waals surface area (Å²) in [5.74, 6) is 0.696. The molecule has 2 aromatic heterocycles. The average molecular weight is 260 g/mol. The number of benzene rings is 1. The molecule has 0 amide bonds. The summed E-state index contributed by atoms with van der Waals surface area (Å²) in [5, 5.41) is 7.62. The van der Waals surface area contributed by atoms with Crippen molar-refractivity contribution in [1.29, 1.82) is 0 Å². The fourth-order valence-corrected chi connectivity index (χ4v) is 2.65. The number of nitrogens with one attached hydrogen (secondary N) is 1. The first-order valence-corrected chi connectivity index (χ1v) is 6.50. The number of rotatable bonds is 3. The van der Waals surface area contributed by atoms with E-state index in [1.165, 1.54) is 5.56 Å². The third-order valence-electron chi connectivity index (χ3n) is 2.90. The van der Waals surface area contributed by atoms with E-state index in [2.05, 4.69) is 16.5 Å². The van der Waals surface area contributed by atoms with Gasteiger partial charge in [-0.1, -0.05) is 0 Å². The quantitative estimate of drug-likeness (QED) is 0.786. The van der Waals surface area contributed by atoms with Gasteiger partial charge >= 0.3 is 0 Å². The second kappa shape index (κ2) is 4.34. The van der Waals surface area contributed by atoms with E-state index in [-0.39, 0.29) is 5.56 Å². The molecule has 2 heterocycles. The minimum atomic E-state index is -0.0841. The van der Waals surface area contributed by atoms with Crippen LogP contribution in [-0.2, 0) is 6.54 Å². The van der Waals surface area contributed by atoms with E-state index >= 15 is 0 Å². The number of thiophene rings is 1. The second-order valence-corrected chi connectivity index (χ2v) is 4.82. The first kappa shape index (κ1) is 11.1. The minimum absolute atomic E-state index is 0.0841. The predicted octanol–water partition coefficient (Wildman–Crippen LogP) is 2.45. The van der Waals surface area contributed by atoms with Crippen LogP contribution in [0.5, 0.6) is 5.75 Å². The molecule has 3 aromatic rings. The van der Waals surface area contributed by atoms with Crippen molar-refractivity contribution in [2.45, 2.75) is 6.54 Å². The van der Waals surface area contributed by atoms with Crippen molar-refractivity contribution in [2.75, 3.05) is 7.11 Å². The smallest absolute Gasteiger partial charge is 0.272 e. The van der Waals surface area contributed by atoms with Gasteiger partial charge in [-0.3, -0.25) is 14.6 Å². The number of ether oxygens (including phenoxy) is 1. The van der Waals surface area contributed by atoms with Gasteiger partial charge in [0.15, 0.2) is 0 Å². The van der Waals surface area contributed by atoms with Crippen LogP contribution in [0.25, 0.3) is 10.9 Å². The number of hydrogen-bond donors (Lipinski definition) is 1. The van der Waals surface area contributed by atoms with Crippen molar-refractivity contribution in [3.63, 3.8) is 0 Å². The van der Waals surface area contributed by atoms with Gasteiger partial charge in [0.1, 0.15) is 5.75 Å². The zero-order valence-corrected chi connectivity index (χ0v) is 10.7. The molecule has 1 N–H and O–H groups in total. The number of methoxy groups -OCH3 is 1. The maximum atomic E-state index is 11.9. The number of aromatic amines is 1. The molecule has 0 aliphatic rings. The largest absolute Gasteiger partial charge is 0.497 e. The maximum absolute atomic E-state index is 11.9. The van der Waals surface area contributed by atoms with Crippen molar-refractivity contribution in [3.05, 3.63) is 50.9 Å². The minimum Gasteiger partial charge on any atom is -0.497 e. The van der Waals surface area contributed by atoms with E-state index in [4.69, 9.17) is 4.74 Å². The predicted molar refractivity (Wildman–Crippen MR) is 72.5 cm³/mol. The zero-order valence-electron chi connectivity index (χ0n) is 9.84. The summed E-state index contributed by atoms with van der Waals surface area (Å²) < 4.78 is 6.99. The van der Waals surface area contributed by atoms with Gasteiger partial charge in [0.2, 0.25) is 0 Å². The lowest BCUT2D eigenvalue weighted by atomic mass is 10.2. The highest BCUT2D eigenvalue weighted by Gasteiger charge is 2.08. The Hall–Kier alpha value is -2.01. The number of aromatic nitrogens is 2. The summed E-state index contributed by atoms with van der Waals surface area (Å²) in [6, 6.07) is 7.58. The number of fused-ring (bicyclic) bond motifs is 1. The highest BCUT2D eigenvalue weighted by molar-refractivity contribution is 7.07. The molecule has 0 aliphatic heterocycles. The molecule has 0 saturated carbocycles. The molecule has 4 nitrogen and oxygen atoms in total. The number of nitrogens with zero attached hydrogens (tertiary/aromatic N) is 1. The van der Waals surface area contributed by atoms with Gasteiger partial charge in [-0.2, -0.15) is 11.3 Å². The van der Waals surface area contributed by atoms with E-state index in [0.717, 1.165) is 5.52 Å². The summed E-state index contributed by atoms with van der Waals surface area (Å²) in [6.45, 7) is 0.675. The van der Waals surface area contributed by atoms with E-state index in [0.29, 0.717) is 17.7 Å². The Morgan fingerprint density at radius 2 is 2.28 bits per heavy atom. The highest BCUT2D eigenvalue weighted by Crippen LogP contribution is 2.19. The van der Waals surface area contributed by atoms with Crippen LogP contribution in [0.1, 0.15) is 5.56 Å². The fraction of sp³-hybridized carbons (Fsp3) is 0.154. The third kappa shape index (κ3) is 1.82. The molecular weight excluding hydrogens is 248 g/mol. The van der Waals surface area contributed by atoms with Crippen molar-refractivity contribution in [3.8, 4) is 5.75 Å². The lowest BCUT2D eigenvalue weighted by Crippen LogP contribution is -2.06. The average Bonchev–Trinajstić information content (AvgIpc) is 2.99. The number of H-pyrrole nitrogens is 1. The molecule has 0 spiro atoms. The van der Waals surface area contributed by atoms with Crippen LogP contribution in [0.2, 0.25) is 0 Å². The third-order valence-corrected chi connectivity index (χ3v) is 3.63. The standard InChI is InChI=1S/C13H12N2O2S/c1-17-10-2-3-12-11(6-10)13(16)14-15(12)7-9-4-5-18-8-9/h2-6,8H,7H2,1H3,(H,14,16). The van der Waals surface area contributed by atoms with Gasteiger partial charge in [-0.25, -0.2) is 0 Å². The van der Waals surface area contributed by atoms with Crippen LogP contribution in [0.4, 0.5) is 0 Å². The normalized spacial score (nSPS) is 10.9. The van der Waals surface area contributed by atoms with E-state index in [9.17, 15) is 4.79 Å². The van der Waals surface area contributed by atoms with Crippen LogP contribution in [0.3, 0.4) is 0 Å². The van der Waals surface area contributed by atoms with Crippen molar-refractivity contribution < 1.29 is 4.74 Å². The Balaban J connectivity index is 2.11.